The Morgan fingerprint density at radius 3 is 2.44 bits per heavy atom. The maximum Gasteiger partial charge on any atom is 0.274 e. The molecule has 3 rings (SSSR count). The number of carbonyl (C=O) groups is 2. The summed E-state index contributed by atoms with van der Waals surface area (Å²) in [6.07, 6.45) is 2.95. The Morgan fingerprint density at radius 1 is 1.00 bits per heavy atom. The zero-order chi connectivity index (χ0) is 19.2. The predicted octanol–water partition coefficient (Wildman–Crippen LogP) is 3.70. The highest BCUT2D eigenvalue weighted by molar-refractivity contribution is 5.95. The molecule has 0 atom stereocenters. The number of hydrogen-bond donors (Lipinski definition) is 1. The molecule has 0 saturated carbocycles. The lowest BCUT2D eigenvalue weighted by Gasteiger charge is -2.16. The van der Waals surface area contributed by atoms with E-state index in [1.165, 1.54) is 19.3 Å². The molecule has 2 aromatic carbocycles. The summed E-state index contributed by atoms with van der Waals surface area (Å²) in [5.41, 5.74) is 2.67. The van der Waals surface area contributed by atoms with Crippen molar-refractivity contribution in [1.29, 1.82) is 0 Å². The van der Waals surface area contributed by atoms with Gasteiger partial charge in [0.05, 0.1) is 12.4 Å². The maximum atomic E-state index is 12.5. The molecule has 1 N–H and O–H groups in total. The van der Waals surface area contributed by atoms with Crippen molar-refractivity contribution in [2.75, 3.05) is 12.4 Å². The van der Waals surface area contributed by atoms with Gasteiger partial charge < -0.3 is 10.2 Å². The number of nitrogens with zero attached hydrogens (tertiary/aromatic N) is 3. The first-order valence-corrected chi connectivity index (χ1v) is 8.52. The Balaban J connectivity index is 1.67. The first-order valence-electron chi connectivity index (χ1n) is 8.52. The second-order valence-corrected chi connectivity index (χ2v) is 6.20. The predicted molar refractivity (Wildman–Crippen MR) is 104 cm³/mol. The Labute approximate surface area is 157 Å². The number of aromatic nitrogens is 2. The summed E-state index contributed by atoms with van der Waals surface area (Å²) in [5, 5.41) is 3.08. The second-order valence-electron chi connectivity index (χ2n) is 6.20. The molecule has 1 amide bonds. The zero-order valence-corrected chi connectivity index (χ0v) is 15.2. The average Bonchev–Trinajstić information content (AvgIpc) is 2.69. The molecular formula is C21H20N4O2. The Hall–Kier alpha value is -3.54. The number of benzene rings is 2. The van der Waals surface area contributed by atoms with Gasteiger partial charge in [-0.2, -0.15) is 0 Å². The van der Waals surface area contributed by atoms with Gasteiger partial charge in [-0.25, -0.2) is 9.97 Å². The largest absolute Gasteiger partial charge is 0.339 e. The van der Waals surface area contributed by atoms with Crippen LogP contribution in [0.1, 0.15) is 33.3 Å². The van der Waals surface area contributed by atoms with Crippen molar-refractivity contribution in [3.8, 4) is 0 Å². The normalized spacial score (nSPS) is 10.3. The quantitative estimate of drug-likeness (QED) is 0.679. The topological polar surface area (TPSA) is 75.2 Å². The van der Waals surface area contributed by atoms with E-state index in [9.17, 15) is 9.59 Å². The molecule has 3 aromatic rings. The Morgan fingerprint density at radius 2 is 1.78 bits per heavy atom. The molecule has 0 fully saturated rings. The monoisotopic (exact) mass is 360 g/mol. The van der Waals surface area contributed by atoms with Crippen LogP contribution in [0.4, 0.5) is 11.5 Å². The molecule has 27 heavy (non-hydrogen) atoms. The van der Waals surface area contributed by atoms with Crippen molar-refractivity contribution >= 4 is 23.2 Å². The van der Waals surface area contributed by atoms with Gasteiger partial charge in [-0.15, -0.1) is 0 Å². The van der Waals surface area contributed by atoms with Gasteiger partial charge in [-0.05, 0) is 24.6 Å². The second kappa shape index (κ2) is 8.23. The molecule has 6 heteroatoms. The van der Waals surface area contributed by atoms with E-state index in [1.807, 2.05) is 36.4 Å². The standard InChI is InChI=1S/C21H20N4O2/c1-15(26)17-9-6-10-18(11-17)24-20-13-22-19(12-23-20)21(27)25(2)14-16-7-4-3-5-8-16/h3-13H,14H2,1-2H3,(H,23,24). The highest BCUT2D eigenvalue weighted by Gasteiger charge is 2.14. The van der Waals surface area contributed by atoms with Gasteiger partial charge in [-0.1, -0.05) is 42.5 Å². The molecule has 0 bridgehead atoms. The van der Waals surface area contributed by atoms with Crippen LogP contribution in [0.15, 0.2) is 67.0 Å². The summed E-state index contributed by atoms with van der Waals surface area (Å²) in [5.74, 6) is 0.293. The summed E-state index contributed by atoms with van der Waals surface area (Å²) in [7, 11) is 1.73. The molecule has 0 aliphatic carbocycles. The van der Waals surface area contributed by atoms with Crippen LogP contribution in [0.3, 0.4) is 0 Å². The third-order valence-corrected chi connectivity index (χ3v) is 4.02. The van der Waals surface area contributed by atoms with Crippen molar-refractivity contribution < 1.29 is 9.59 Å². The van der Waals surface area contributed by atoms with Crippen LogP contribution in [-0.2, 0) is 6.54 Å². The van der Waals surface area contributed by atoms with E-state index in [2.05, 4.69) is 15.3 Å². The highest BCUT2D eigenvalue weighted by Crippen LogP contribution is 2.16. The number of nitrogens with one attached hydrogen (secondary N) is 1. The molecule has 1 aromatic heterocycles. The maximum absolute atomic E-state index is 12.5. The number of anilines is 2. The minimum atomic E-state index is -0.198. The van der Waals surface area contributed by atoms with Crippen LogP contribution in [0, 0.1) is 0 Å². The van der Waals surface area contributed by atoms with E-state index in [0.29, 0.717) is 17.9 Å². The van der Waals surface area contributed by atoms with Crippen LogP contribution < -0.4 is 5.32 Å². The lowest BCUT2D eigenvalue weighted by Crippen LogP contribution is -2.27. The Bertz CT molecular complexity index is 940. The number of rotatable bonds is 6. The number of Topliss-reactive ketones (excluding diaryl/α,β-unsaturated/α-hetero) is 1. The summed E-state index contributed by atoms with van der Waals surface area (Å²) < 4.78 is 0. The van der Waals surface area contributed by atoms with Crippen LogP contribution in [-0.4, -0.2) is 33.6 Å². The molecule has 0 aliphatic heterocycles. The minimum absolute atomic E-state index is 0.00729. The van der Waals surface area contributed by atoms with Crippen molar-refractivity contribution in [2.45, 2.75) is 13.5 Å². The fourth-order valence-electron chi connectivity index (χ4n) is 2.59. The molecule has 6 nitrogen and oxygen atoms in total. The van der Waals surface area contributed by atoms with E-state index in [0.717, 1.165) is 11.3 Å². The smallest absolute Gasteiger partial charge is 0.274 e. The van der Waals surface area contributed by atoms with Gasteiger partial charge in [0.2, 0.25) is 0 Å². The van der Waals surface area contributed by atoms with Gasteiger partial charge in [0.1, 0.15) is 11.5 Å². The lowest BCUT2D eigenvalue weighted by atomic mass is 10.1. The highest BCUT2D eigenvalue weighted by atomic mass is 16.2. The number of carbonyl (C=O) groups excluding carboxylic acids is 2. The van der Waals surface area contributed by atoms with Crippen LogP contribution in [0.25, 0.3) is 0 Å². The number of ketones is 1. The third kappa shape index (κ3) is 4.76. The zero-order valence-electron chi connectivity index (χ0n) is 15.2. The van der Waals surface area contributed by atoms with E-state index in [-0.39, 0.29) is 17.4 Å². The van der Waals surface area contributed by atoms with Gasteiger partial charge in [0, 0.05) is 24.8 Å². The van der Waals surface area contributed by atoms with Crippen molar-refractivity contribution in [2.24, 2.45) is 0 Å². The fourth-order valence-corrected chi connectivity index (χ4v) is 2.59. The average molecular weight is 360 g/mol. The lowest BCUT2D eigenvalue weighted by molar-refractivity contribution is 0.0778. The van der Waals surface area contributed by atoms with Crippen molar-refractivity contribution in [3.63, 3.8) is 0 Å². The van der Waals surface area contributed by atoms with Crippen LogP contribution in [0.2, 0.25) is 0 Å². The van der Waals surface area contributed by atoms with Gasteiger partial charge in [0.15, 0.2) is 5.78 Å². The molecule has 0 spiro atoms. The first kappa shape index (κ1) is 18.3. The van der Waals surface area contributed by atoms with Crippen molar-refractivity contribution in [3.05, 3.63) is 83.8 Å². The van der Waals surface area contributed by atoms with Crippen molar-refractivity contribution in [1.82, 2.24) is 14.9 Å². The summed E-state index contributed by atoms with van der Waals surface area (Å²) in [6.45, 7) is 2.02. The van der Waals surface area contributed by atoms with Crippen LogP contribution in [0.5, 0.6) is 0 Å². The van der Waals surface area contributed by atoms with E-state index in [4.69, 9.17) is 0 Å². The fraction of sp³-hybridized carbons (Fsp3) is 0.143. The van der Waals surface area contributed by atoms with E-state index in [1.54, 1.807) is 30.1 Å². The molecule has 0 saturated heterocycles. The molecule has 136 valence electrons. The van der Waals surface area contributed by atoms with Gasteiger partial charge in [0.25, 0.3) is 5.91 Å². The third-order valence-electron chi connectivity index (χ3n) is 4.02. The Kier molecular flexibility index (Phi) is 5.56. The van der Waals surface area contributed by atoms with E-state index >= 15 is 0 Å². The summed E-state index contributed by atoms with van der Waals surface area (Å²) >= 11 is 0. The molecule has 1 heterocycles. The van der Waals surface area contributed by atoms with Crippen LogP contribution >= 0.6 is 0 Å². The van der Waals surface area contributed by atoms with Gasteiger partial charge in [-0.3, -0.25) is 9.59 Å². The van der Waals surface area contributed by atoms with Gasteiger partial charge >= 0.3 is 0 Å². The summed E-state index contributed by atoms with van der Waals surface area (Å²) in [6, 6.07) is 16.9. The molecule has 0 unspecified atom stereocenters. The first-order chi connectivity index (χ1) is 13.0. The number of hydrogen-bond acceptors (Lipinski definition) is 5. The minimum Gasteiger partial charge on any atom is -0.339 e. The molecular weight excluding hydrogens is 340 g/mol. The summed E-state index contributed by atoms with van der Waals surface area (Å²) in [4.78, 5) is 34.0. The SMILES string of the molecule is CC(=O)c1cccc(Nc2cnc(C(=O)N(C)Cc3ccccc3)cn2)c1. The molecule has 0 radical (unpaired) electrons. The van der Waals surface area contributed by atoms with E-state index < -0.39 is 0 Å². The number of amides is 1. The molecule has 0 aliphatic rings.